The molecule has 0 aliphatic carbocycles. The lowest BCUT2D eigenvalue weighted by atomic mass is 9.96. The number of unbranched alkanes of at least 4 members (excludes halogenated alkanes) is 40. The third-order valence-corrected chi connectivity index (χ3v) is 21.9. The zero-order valence-corrected chi connectivity index (χ0v) is 69.4. The summed E-state index contributed by atoms with van der Waals surface area (Å²) in [5, 5.41) is 121. The van der Waals surface area contributed by atoms with Crippen molar-refractivity contribution in [1.82, 2.24) is 5.32 Å². The lowest BCUT2D eigenvalue weighted by Gasteiger charge is -2.48. The van der Waals surface area contributed by atoms with Crippen LogP contribution in [0.5, 0.6) is 0 Å². The molecule has 111 heavy (non-hydrogen) atoms. The third kappa shape index (κ3) is 49.5. The van der Waals surface area contributed by atoms with Gasteiger partial charge in [-0.3, -0.25) is 4.79 Å². The summed E-state index contributed by atoms with van der Waals surface area (Å²) in [7, 11) is 0. The van der Waals surface area contributed by atoms with Gasteiger partial charge in [-0.2, -0.15) is 0 Å². The number of rotatable bonds is 72. The van der Waals surface area contributed by atoms with Crippen molar-refractivity contribution < 1.29 is 89.4 Å². The Morgan fingerprint density at radius 1 is 0.333 bits per heavy atom. The number of hydrogen-bond donors (Lipinski definition) is 12. The van der Waals surface area contributed by atoms with Crippen molar-refractivity contribution in [3.8, 4) is 0 Å². The highest BCUT2D eigenvalue weighted by Crippen LogP contribution is 2.34. The van der Waals surface area contributed by atoms with Crippen LogP contribution in [0.1, 0.15) is 348 Å². The summed E-state index contributed by atoms with van der Waals surface area (Å²) in [6, 6.07) is -0.893. The fourth-order valence-electron chi connectivity index (χ4n) is 14.8. The number of aliphatic hydroxyl groups excluding tert-OH is 11. The fraction of sp³-hybridized carbons (Fsp3) is 0.815. The van der Waals surface area contributed by atoms with Crippen molar-refractivity contribution in [1.29, 1.82) is 0 Å². The molecule has 0 bridgehead atoms. The van der Waals surface area contributed by atoms with E-state index in [9.17, 15) is 61.0 Å². The molecule has 3 aliphatic heterocycles. The second-order valence-electron chi connectivity index (χ2n) is 31.7. The van der Waals surface area contributed by atoms with E-state index in [1.54, 1.807) is 0 Å². The second kappa shape index (κ2) is 70.9. The highest BCUT2D eigenvalue weighted by atomic mass is 16.8. The molecule has 644 valence electrons. The molecular formula is C92H163NO18. The Labute approximate surface area is 673 Å². The first-order valence-electron chi connectivity index (χ1n) is 45.0. The molecule has 3 rings (SSSR count). The predicted octanol–water partition coefficient (Wildman–Crippen LogP) is 17.1. The molecule has 17 unspecified atom stereocenters. The number of aliphatic hydroxyl groups is 11. The summed E-state index contributed by atoms with van der Waals surface area (Å²) in [5.74, 6) is -0.240. The van der Waals surface area contributed by atoms with E-state index in [1.165, 1.54) is 218 Å². The molecular weight excluding hydrogens is 1410 g/mol. The summed E-state index contributed by atoms with van der Waals surface area (Å²) in [6.07, 6.45) is 70.8. The molecule has 1 amide bonds. The molecule has 17 atom stereocenters. The van der Waals surface area contributed by atoms with Crippen molar-refractivity contribution in [3.05, 3.63) is 97.2 Å². The normalized spacial score (nSPS) is 25.5. The first-order chi connectivity index (χ1) is 54.3. The first kappa shape index (κ1) is 102. The molecule has 3 heterocycles. The van der Waals surface area contributed by atoms with Crippen molar-refractivity contribution in [3.63, 3.8) is 0 Å². The number of hydrogen-bond acceptors (Lipinski definition) is 18. The van der Waals surface area contributed by atoms with E-state index in [0.29, 0.717) is 12.8 Å². The lowest BCUT2D eigenvalue weighted by Crippen LogP contribution is -2.66. The average Bonchev–Trinajstić information content (AvgIpc) is 0.780. The van der Waals surface area contributed by atoms with E-state index >= 15 is 0 Å². The first-order valence-corrected chi connectivity index (χ1v) is 45.0. The van der Waals surface area contributed by atoms with Gasteiger partial charge in [0, 0.05) is 6.42 Å². The minimum absolute atomic E-state index is 0.240. The van der Waals surface area contributed by atoms with Gasteiger partial charge in [0.1, 0.15) is 73.2 Å². The second-order valence-corrected chi connectivity index (χ2v) is 31.7. The maximum absolute atomic E-state index is 13.5. The predicted molar refractivity (Wildman–Crippen MR) is 447 cm³/mol. The monoisotopic (exact) mass is 1570 g/mol. The van der Waals surface area contributed by atoms with Crippen LogP contribution in [0.4, 0.5) is 0 Å². The summed E-state index contributed by atoms with van der Waals surface area (Å²) in [5.41, 5.74) is 0. The Kier molecular flexibility index (Phi) is 65.1. The van der Waals surface area contributed by atoms with Gasteiger partial charge in [-0.1, -0.05) is 361 Å². The van der Waals surface area contributed by atoms with Crippen LogP contribution in [0.3, 0.4) is 0 Å². The largest absolute Gasteiger partial charge is 0.394 e. The van der Waals surface area contributed by atoms with E-state index < -0.39 is 124 Å². The molecule has 3 fully saturated rings. The maximum Gasteiger partial charge on any atom is 0.220 e. The molecule has 19 nitrogen and oxygen atoms in total. The minimum Gasteiger partial charge on any atom is -0.394 e. The van der Waals surface area contributed by atoms with Crippen molar-refractivity contribution in [2.45, 2.75) is 452 Å². The minimum atomic E-state index is -1.98. The molecule has 0 saturated carbocycles. The van der Waals surface area contributed by atoms with Gasteiger partial charge in [0.2, 0.25) is 5.91 Å². The molecule has 0 radical (unpaired) electrons. The van der Waals surface area contributed by atoms with Crippen LogP contribution in [0.2, 0.25) is 0 Å². The number of nitrogens with one attached hydrogen (secondary N) is 1. The molecule has 12 N–H and O–H groups in total. The third-order valence-electron chi connectivity index (χ3n) is 21.9. The summed E-state index contributed by atoms with van der Waals surface area (Å²) >= 11 is 0. The van der Waals surface area contributed by atoms with Crippen molar-refractivity contribution >= 4 is 5.91 Å². The highest BCUT2D eigenvalue weighted by Gasteiger charge is 2.54. The molecule has 0 spiro atoms. The van der Waals surface area contributed by atoms with Crippen LogP contribution < -0.4 is 5.32 Å². The molecule has 3 saturated heterocycles. The summed E-state index contributed by atoms with van der Waals surface area (Å²) < 4.78 is 34.6. The molecule has 0 aromatic carbocycles. The van der Waals surface area contributed by atoms with Crippen LogP contribution in [-0.4, -0.2) is 193 Å². The summed E-state index contributed by atoms with van der Waals surface area (Å²) in [4.78, 5) is 13.5. The van der Waals surface area contributed by atoms with E-state index in [0.717, 1.165) is 96.3 Å². The van der Waals surface area contributed by atoms with Crippen LogP contribution >= 0.6 is 0 Å². The lowest BCUT2D eigenvalue weighted by molar-refractivity contribution is -0.379. The van der Waals surface area contributed by atoms with Gasteiger partial charge in [-0.15, -0.1) is 0 Å². The number of ether oxygens (including phenoxy) is 6. The number of carbonyl (C=O) groups excluding carboxylic acids is 1. The van der Waals surface area contributed by atoms with E-state index in [-0.39, 0.29) is 18.9 Å². The van der Waals surface area contributed by atoms with Gasteiger partial charge >= 0.3 is 0 Å². The Morgan fingerprint density at radius 2 is 0.622 bits per heavy atom. The van der Waals surface area contributed by atoms with E-state index in [4.69, 9.17) is 28.4 Å². The summed E-state index contributed by atoms with van der Waals surface area (Å²) in [6.45, 7) is 1.73. The standard InChI is InChI=1S/C92H163NO18/c1-3-5-7-9-11-13-15-17-19-21-23-25-27-29-30-31-32-33-34-35-36-37-38-39-40-41-42-43-44-46-48-50-52-54-56-58-60-62-64-66-68-70-80(98)93-75(76(97)69-67-65-63-61-59-57-55-53-51-49-47-45-28-26-24-22-20-18-16-14-12-10-8-6-4-2)74-106-90-86(104)83(101)88(78(72-95)108-90)111-92-87(105)84(102)89(79(73-96)109-92)110-91-85(103)82(100)81(99)77(71-94)107-91/h5,7,11,13,17,19,23,25,29-30,32-33,35-36,38-39,75-79,81-92,94-97,99-105H,3-4,6,8-10,12,14-16,18,20-22,24,26-28,31,34,37,40-74H2,1-2H3,(H,93,98)/b7-5-,13-11-,19-17-,25-23-,30-29-,33-32-,36-35-,39-38-. The Hall–Kier alpha value is -3.29. The van der Waals surface area contributed by atoms with Crippen LogP contribution in [0.15, 0.2) is 97.2 Å². The van der Waals surface area contributed by atoms with Gasteiger partial charge in [0.05, 0.1) is 38.6 Å². The van der Waals surface area contributed by atoms with Gasteiger partial charge in [-0.25, -0.2) is 0 Å². The van der Waals surface area contributed by atoms with Gasteiger partial charge in [-0.05, 0) is 77.0 Å². The van der Waals surface area contributed by atoms with E-state index in [2.05, 4.69) is 116 Å². The van der Waals surface area contributed by atoms with Crippen molar-refractivity contribution in [2.24, 2.45) is 0 Å². The van der Waals surface area contributed by atoms with Crippen LogP contribution in [-0.2, 0) is 33.2 Å². The van der Waals surface area contributed by atoms with Gasteiger partial charge < -0.3 is 89.9 Å². The quantitative estimate of drug-likeness (QED) is 0.0199. The number of allylic oxidation sites excluding steroid dienone is 16. The number of amides is 1. The highest BCUT2D eigenvalue weighted by molar-refractivity contribution is 5.76. The zero-order chi connectivity index (χ0) is 80.3. The van der Waals surface area contributed by atoms with Crippen LogP contribution in [0, 0.1) is 0 Å². The maximum atomic E-state index is 13.5. The average molecular weight is 1570 g/mol. The number of carbonyl (C=O) groups is 1. The van der Waals surface area contributed by atoms with Crippen molar-refractivity contribution in [2.75, 3.05) is 26.4 Å². The fourth-order valence-corrected chi connectivity index (χ4v) is 14.8. The topological polar surface area (TPSA) is 307 Å². The molecule has 0 aromatic heterocycles. The van der Waals surface area contributed by atoms with Crippen LogP contribution in [0.25, 0.3) is 0 Å². The molecule has 0 aromatic rings. The Morgan fingerprint density at radius 3 is 0.973 bits per heavy atom. The smallest absolute Gasteiger partial charge is 0.220 e. The van der Waals surface area contributed by atoms with E-state index in [1.807, 2.05) is 0 Å². The zero-order valence-electron chi connectivity index (χ0n) is 69.4. The van der Waals surface area contributed by atoms with Gasteiger partial charge in [0.15, 0.2) is 18.9 Å². The van der Waals surface area contributed by atoms with Gasteiger partial charge in [0.25, 0.3) is 0 Å². The molecule has 19 heteroatoms. The SMILES string of the molecule is CC/C=C\C/C=C\C/C=C\C/C=C\C/C=C\C/C=C\C/C=C\C/C=C\CCCCCCCCCCCCCCCCCCC(=O)NC(COC1OC(CO)C(OC2OC(CO)C(OC3OC(CO)C(O)C(O)C3O)C(O)C2O)C(O)C1O)C(O)CCCCCCCCCCCCCCCCCCCCCCCCCCC. The Balaban J connectivity index is 1.31. The molecule has 3 aliphatic rings. The Bertz CT molecular complexity index is 2380.